The quantitative estimate of drug-likeness (QED) is 0.0560. The Hall–Kier alpha value is -0.00558. The molecule has 6 nitrogen and oxygen atoms in total. The van der Waals surface area contributed by atoms with Crippen molar-refractivity contribution in [2.75, 3.05) is 0 Å². The molecule has 7 heteroatoms. The molecule has 0 aliphatic carbocycles. The minimum atomic E-state index is -0.903. The largest absolute Gasteiger partial charge is 3.00 e. The second-order valence-electron chi connectivity index (χ2n) is 18.2. The Kier molecular flexibility index (Phi) is 71.2. The molecule has 0 unspecified atom stereocenters. The number of carbonyl (C=O) groups is 3. The SMILES string of the molecule is CCCCCCCCCCCCCCCCCC(=O)[O-].CCCCCCCCCCCCCCCCCC(=O)[O-].CCCCCCCCCCCCCCCCCC(=O)[O-].[Eu+3]. The molecule has 364 valence electrons. The van der Waals surface area contributed by atoms with Gasteiger partial charge in [0, 0.05) is 17.9 Å². The van der Waals surface area contributed by atoms with Crippen LogP contribution in [0.5, 0.6) is 0 Å². The van der Waals surface area contributed by atoms with Gasteiger partial charge >= 0.3 is 49.4 Å². The van der Waals surface area contributed by atoms with Crippen LogP contribution in [0.4, 0.5) is 0 Å². The van der Waals surface area contributed by atoms with Gasteiger partial charge in [0.1, 0.15) is 0 Å². The number of hydrogen-bond acceptors (Lipinski definition) is 6. The molecule has 0 atom stereocenters. The third-order valence-corrected chi connectivity index (χ3v) is 12.0. The average Bonchev–Trinajstić information content (AvgIpc) is 3.22. The van der Waals surface area contributed by atoms with E-state index in [2.05, 4.69) is 20.8 Å². The Morgan fingerprint density at radius 3 is 0.410 bits per heavy atom. The number of unbranched alkanes of at least 4 members (excludes halogenated alkanes) is 42. The van der Waals surface area contributed by atoms with Gasteiger partial charge in [-0.05, 0) is 38.5 Å². The van der Waals surface area contributed by atoms with Gasteiger partial charge in [-0.2, -0.15) is 0 Å². The first-order valence-corrected chi connectivity index (χ1v) is 26.9. The van der Waals surface area contributed by atoms with Gasteiger partial charge in [-0.3, -0.25) is 0 Å². The van der Waals surface area contributed by atoms with Gasteiger partial charge in [-0.1, -0.05) is 290 Å². The normalized spacial score (nSPS) is 10.7. The van der Waals surface area contributed by atoms with Crippen molar-refractivity contribution in [3.63, 3.8) is 0 Å². The zero-order chi connectivity index (χ0) is 44.7. The number of carboxylic acids is 3. The van der Waals surface area contributed by atoms with Crippen LogP contribution >= 0.6 is 0 Å². The molecule has 0 aromatic rings. The Labute approximate surface area is 422 Å². The number of aliphatic carboxylic acids is 3. The van der Waals surface area contributed by atoms with Gasteiger partial charge in [0.25, 0.3) is 0 Å². The second-order valence-corrected chi connectivity index (χ2v) is 18.2. The fraction of sp³-hybridized carbons (Fsp3) is 0.944. The molecule has 0 saturated carbocycles. The average molecular weight is 1000 g/mol. The van der Waals surface area contributed by atoms with E-state index in [1.807, 2.05) is 0 Å². The summed E-state index contributed by atoms with van der Waals surface area (Å²) in [4.78, 5) is 30.7. The van der Waals surface area contributed by atoms with Crippen molar-refractivity contribution in [1.29, 1.82) is 0 Å². The molecule has 0 bridgehead atoms. The van der Waals surface area contributed by atoms with Gasteiger partial charge in [0.05, 0.1) is 0 Å². The van der Waals surface area contributed by atoms with Crippen LogP contribution in [0.3, 0.4) is 0 Å². The molecule has 0 fully saturated rings. The van der Waals surface area contributed by atoms with Crippen LogP contribution in [0.1, 0.15) is 329 Å². The zero-order valence-electron chi connectivity index (χ0n) is 41.3. The summed E-state index contributed by atoms with van der Waals surface area (Å²) in [6, 6.07) is 0. The van der Waals surface area contributed by atoms with Crippen molar-refractivity contribution in [3.05, 3.63) is 0 Å². The van der Waals surface area contributed by atoms with Crippen LogP contribution in [-0.2, 0) is 14.4 Å². The van der Waals surface area contributed by atoms with Crippen molar-refractivity contribution >= 4 is 17.9 Å². The van der Waals surface area contributed by atoms with Crippen molar-refractivity contribution in [1.82, 2.24) is 0 Å². The standard InChI is InChI=1S/3C18H36O2.Eu/c3*1-2-3-4-5-6-7-8-9-10-11-12-13-14-15-16-17-18(19)20;/h3*2-17H2,1H3,(H,19,20);/q;;;+3/p-3. The molecule has 0 heterocycles. The van der Waals surface area contributed by atoms with Crippen LogP contribution in [0.2, 0.25) is 0 Å². The van der Waals surface area contributed by atoms with E-state index in [-0.39, 0.29) is 68.6 Å². The van der Waals surface area contributed by atoms with Gasteiger partial charge in [-0.15, -0.1) is 0 Å². The molecule has 0 aliphatic rings. The number of carbonyl (C=O) groups excluding carboxylic acids is 3. The number of carboxylic acid groups (broad SMARTS) is 3. The summed E-state index contributed by atoms with van der Waals surface area (Å²) in [6.07, 6.45) is 59.6. The third-order valence-electron chi connectivity index (χ3n) is 12.0. The molecule has 0 N–H and O–H groups in total. The first-order valence-electron chi connectivity index (χ1n) is 26.9. The molecule has 0 aliphatic heterocycles. The summed E-state index contributed by atoms with van der Waals surface area (Å²) in [5.74, 6) is -2.71. The predicted molar refractivity (Wildman–Crippen MR) is 254 cm³/mol. The van der Waals surface area contributed by atoms with Gasteiger partial charge in [-0.25, -0.2) is 0 Å². The van der Waals surface area contributed by atoms with Crippen molar-refractivity contribution in [3.8, 4) is 0 Å². The Morgan fingerprint density at radius 1 is 0.213 bits per heavy atom. The maximum absolute atomic E-state index is 10.2. The van der Waals surface area contributed by atoms with E-state index < -0.39 is 17.9 Å². The molecule has 0 spiro atoms. The molecule has 0 amide bonds. The monoisotopic (exact) mass is 1000 g/mol. The third kappa shape index (κ3) is 77.6. The van der Waals surface area contributed by atoms with Crippen LogP contribution < -0.4 is 15.3 Å². The summed E-state index contributed by atoms with van der Waals surface area (Å²) < 4.78 is 0. The smallest absolute Gasteiger partial charge is 0.550 e. The minimum absolute atomic E-state index is 0. The molecular weight excluding hydrogens is 897 g/mol. The summed E-state index contributed by atoms with van der Waals surface area (Å²) >= 11 is 0. The van der Waals surface area contributed by atoms with E-state index in [0.717, 1.165) is 38.5 Å². The number of rotatable bonds is 48. The fourth-order valence-electron chi connectivity index (χ4n) is 7.92. The van der Waals surface area contributed by atoms with Crippen molar-refractivity contribution < 1.29 is 79.1 Å². The van der Waals surface area contributed by atoms with Crippen LogP contribution in [0, 0.1) is 49.4 Å². The van der Waals surface area contributed by atoms with Gasteiger partial charge in [0.15, 0.2) is 0 Å². The molecular formula is C54H105EuO6. The summed E-state index contributed by atoms with van der Waals surface area (Å²) in [5.41, 5.74) is 0. The molecule has 0 aromatic carbocycles. The van der Waals surface area contributed by atoms with Crippen molar-refractivity contribution in [2.45, 2.75) is 329 Å². The first kappa shape index (κ1) is 67.6. The second kappa shape index (κ2) is 64.3. The van der Waals surface area contributed by atoms with E-state index in [1.165, 1.54) is 250 Å². The molecule has 61 heavy (non-hydrogen) atoms. The van der Waals surface area contributed by atoms with Crippen molar-refractivity contribution in [2.24, 2.45) is 0 Å². The predicted octanol–water partition coefficient (Wildman–Crippen LogP) is 15.0. The van der Waals surface area contributed by atoms with E-state index >= 15 is 0 Å². The Balaban J connectivity index is -0.000000396. The van der Waals surface area contributed by atoms with Crippen LogP contribution in [-0.4, -0.2) is 17.9 Å². The Bertz CT molecular complexity index is 717. The van der Waals surface area contributed by atoms with E-state index in [9.17, 15) is 29.7 Å². The summed E-state index contributed by atoms with van der Waals surface area (Å²) in [7, 11) is 0. The van der Waals surface area contributed by atoms with Crippen LogP contribution in [0.25, 0.3) is 0 Å². The number of hydrogen-bond donors (Lipinski definition) is 0. The van der Waals surface area contributed by atoms with E-state index in [0.29, 0.717) is 0 Å². The maximum Gasteiger partial charge on any atom is 3.00 e. The molecule has 0 radical (unpaired) electrons. The Morgan fingerprint density at radius 2 is 0.311 bits per heavy atom. The van der Waals surface area contributed by atoms with Crippen LogP contribution in [0.15, 0.2) is 0 Å². The maximum atomic E-state index is 10.2. The summed E-state index contributed by atoms with van der Waals surface area (Å²) in [5, 5.41) is 30.7. The van der Waals surface area contributed by atoms with Gasteiger partial charge < -0.3 is 29.7 Å². The van der Waals surface area contributed by atoms with E-state index in [4.69, 9.17) is 0 Å². The van der Waals surface area contributed by atoms with E-state index in [1.54, 1.807) is 0 Å². The van der Waals surface area contributed by atoms with Gasteiger partial charge in [0.2, 0.25) is 0 Å². The molecule has 0 saturated heterocycles. The fourth-order valence-corrected chi connectivity index (χ4v) is 7.92. The minimum Gasteiger partial charge on any atom is -0.550 e. The summed E-state index contributed by atoms with van der Waals surface area (Å²) in [6.45, 7) is 6.80. The molecule has 0 rings (SSSR count). The topological polar surface area (TPSA) is 120 Å². The zero-order valence-corrected chi connectivity index (χ0v) is 43.7. The first-order chi connectivity index (χ1) is 29.3. The molecule has 0 aromatic heterocycles.